The van der Waals surface area contributed by atoms with Crippen LogP contribution in [-0.2, 0) is 20.1 Å². The molecule has 0 amide bonds. The van der Waals surface area contributed by atoms with Crippen LogP contribution in [0.15, 0.2) is 26.5 Å². The number of aryl methyl sites for hydroxylation is 1. The predicted octanol–water partition coefficient (Wildman–Crippen LogP) is 1.88. The zero-order valence-corrected chi connectivity index (χ0v) is 16.3. The minimum absolute atomic E-state index is 0.0124. The van der Waals surface area contributed by atoms with Crippen molar-refractivity contribution in [1.82, 2.24) is 18.7 Å². The van der Waals surface area contributed by atoms with Crippen molar-refractivity contribution >= 4 is 27.1 Å². The van der Waals surface area contributed by atoms with Crippen molar-refractivity contribution in [3.63, 3.8) is 0 Å². The van der Waals surface area contributed by atoms with Gasteiger partial charge in [-0.05, 0) is 40.5 Å². The minimum Gasteiger partial charge on any atom is -0.301 e. The van der Waals surface area contributed by atoms with Crippen LogP contribution in [0.4, 0.5) is 8.78 Å². The lowest BCUT2D eigenvalue weighted by Gasteiger charge is -2.10. The number of hydrogen-bond donors (Lipinski definition) is 0. The number of imidazole rings is 1. The number of nitrogens with zero attached hydrogens (tertiary/aromatic N) is 5. The average molecular weight is 448 g/mol. The van der Waals surface area contributed by atoms with Gasteiger partial charge in [0.2, 0.25) is 0 Å². The molecule has 0 bridgehead atoms. The van der Waals surface area contributed by atoms with Crippen molar-refractivity contribution in [3.05, 3.63) is 60.5 Å². The third-order valence-corrected chi connectivity index (χ3v) is 4.80. The fraction of sp³-hybridized carbons (Fsp3) is 0.222. The molecule has 0 aliphatic carbocycles. The monoisotopic (exact) mass is 447 g/mol. The van der Waals surface area contributed by atoms with Crippen LogP contribution in [0.25, 0.3) is 11.2 Å². The minimum atomic E-state index is -1.18. The molecule has 0 aliphatic rings. The molecular formula is C18H12BrF2N5O2. The van der Waals surface area contributed by atoms with Gasteiger partial charge in [-0.25, -0.2) is 18.6 Å². The van der Waals surface area contributed by atoms with Crippen LogP contribution in [-0.4, -0.2) is 18.7 Å². The number of hydrogen-bond acceptors (Lipinski definition) is 4. The van der Waals surface area contributed by atoms with Gasteiger partial charge in [-0.15, -0.1) is 5.92 Å². The van der Waals surface area contributed by atoms with Gasteiger partial charge in [-0.3, -0.25) is 13.9 Å². The third kappa shape index (κ3) is 3.12. The smallest absolute Gasteiger partial charge is 0.301 e. The zero-order chi connectivity index (χ0) is 20.6. The molecule has 0 saturated heterocycles. The molecule has 0 radical (unpaired) electrons. The van der Waals surface area contributed by atoms with Crippen LogP contribution in [0.5, 0.6) is 0 Å². The Kier molecular flexibility index (Phi) is 5.16. The Morgan fingerprint density at radius 1 is 1.21 bits per heavy atom. The molecule has 0 saturated carbocycles. The van der Waals surface area contributed by atoms with Gasteiger partial charge in [0.15, 0.2) is 27.5 Å². The van der Waals surface area contributed by atoms with Crippen molar-refractivity contribution in [2.24, 2.45) is 7.05 Å². The summed E-state index contributed by atoms with van der Waals surface area (Å²) < 4.78 is 30.9. The van der Waals surface area contributed by atoms with E-state index < -0.39 is 29.4 Å². The molecule has 10 heteroatoms. The van der Waals surface area contributed by atoms with Gasteiger partial charge in [-0.1, -0.05) is 5.92 Å². The first-order valence-corrected chi connectivity index (χ1v) is 8.72. The molecule has 0 spiro atoms. The summed E-state index contributed by atoms with van der Waals surface area (Å²) in [6.45, 7) is 1.41. The molecule has 3 aromatic rings. The molecule has 7 nitrogen and oxygen atoms in total. The van der Waals surface area contributed by atoms with E-state index >= 15 is 0 Å². The van der Waals surface area contributed by atoms with E-state index in [9.17, 15) is 23.6 Å². The highest BCUT2D eigenvalue weighted by Gasteiger charge is 2.20. The summed E-state index contributed by atoms with van der Waals surface area (Å²) in [5.41, 5.74) is -1.26. The summed E-state index contributed by atoms with van der Waals surface area (Å²) in [6.07, 6.45) is 0. The number of fused-ring (bicyclic) bond motifs is 1. The topological polar surface area (TPSA) is 85.6 Å². The quantitative estimate of drug-likeness (QED) is 0.453. The maximum Gasteiger partial charge on any atom is 0.332 e. The van der Waals surface area contributed by atoms with E-state index in [0.717, 1.165) is 16.7 Å². The SMILES string of the molecule is CC#CCn1c(Br)nc2c1c(=O)n(Cc1cc(F)c(F)cc1C#N)c(=O)n2C. The predicted molar refractivity (Wildman–Crippen MR) is 101 cm³/mol. The van der Waals surface area contributed by atoms with Crippen molar-refractivity contribution in [3.8, 4) is 17.9 Å². The van der Waals surface area contributed by atoms with Gasteiger partial charge in [-0.2, -0.15) is 5.26 Å². The lowest BCUT2D eigenvalue weighted by molar-refractivity contribution is 0.505. The largest absolute Gasteiger partial charge is 0.332 e. The highest BCUT2D eigenvalue weighted by molar-refractivity contribution is 9.10. The number of rotatable bonds is 3. The normalized spacial score (nSPS) is 10.6. The van der Waals surface area contributed by atoms with Gasteiger partial charge in [0.25, 0.3) is 5.56 Å². The highest BCUT2D eigenvalue weighted by Crippen LogP contribution is 2.17. The Labute approximate surface area is 165 Å². The van der Waals surface area contributed by atoms with Crippen molar-refractivity contribution in [2.45, 2.75) is 20.0 Å². The van der Waals surface area contributed by atoms with Crippen LogP contribution in [0, 0.1) is 34.8 Å². The highest BCUT2D eigenvalue weighted by atomic mass is 79.9. The van der Waals surface area contributed by atoms with E-state index in [-0.39, 0.29) is 28.8 Å². The Hall–Kier alpha value is -3.24. The molecule has 2 aromatic heterocycles. The van der Waals surface area contributed by atoms with Crippen LogP contribution in [0.3, 0.4) is 0 Å². The summed E-state index contributed by atoms with van der Waals surface area (Å²) in [4.78, 5) is 29.9. The molecule has 28 heavy (non-hydrogen) atoms. The van der Waals surface area contributed by atoms with E-state index in [1.807, 2.05) is 0 Å². The molecule has 1 aromatic carbocycles. The first-order chi connectivity index (χ1) is 13.3. The Morgan fingerprint density at radius 3 is 2.54 bits per heavy atom. The van der Waals surface area contributed by atoms with Crippen LogP contribution < -0.4 is 11.2 Å². The Bertz CT molecular complexity index is 1340. The lowest BCUT2D eigenvalue weighted by atomic mass is 10.1. The van der Waals surface area contributed by atoms with E-state index in [0.29, 0.717) is 4.73 Å². The fourth-order valence-electron chi connectivity index (χ4n) is 2.78. The zero-order valence-electron chi connectivity index (χ0n) is 14.8. The first kappa shape index (κ1) is 19.5. The molecular weight excluding hydrogens is 436 g/mol. The Morgan fingerprint density at radius 2 is 1.89 bits per heavy atom. The Balaban J connectivity index is 2.30. The molecule has 0 unspecified atom stereocenters. The summed E-state index contributed by atoms with van der Waals surface area (Å²) in [5.74, 6) is 3.17. The van der Waals surface area contributed by atoms with Crippen LogP contribution in [0.1, 0.15) is 18.1 Å². The second kappa shape index (κ2) is 7.41. The molecule has 0 atom stereocenters. The molecule has 0 N–H and O–H groups in total. The number of aromatic nitrogens is 4. The summed E-state index contributed by atoms with van der Waals surface area (Å²) in [5, 5.41) is 9.18. The molecule has 0 aliphatic heterocycles. The average Bonchev–Trinajstić information content (AvgIpc) is 3.00. The van der Waals surface area contributed by atoms with E-state index in [4.69, 9.17) is 0 Å². The molecule has 142 valence electrons. The second-order valence-corrected chi connectivity index (χ2v) is 6.54. The second-order valence-electron chi connectivity index (χ2n) is 5.83. The maximum absolute atomic E-state index is 13.6. The van der Waals surface area contributed by atoms with Gasteiger partial charge in [0, 0.05) is 7.05 Å². The summed E-state index contributed by atoms with van der Waals surface area (Å²) in [6, 6.07) is 3.28. The molecule has 0 fully saturated rings. The van der Waals surface area contributed by atoms with Gasteiger partial charge < -0.3 is 4.57 Å². The number of halogens is 3. The van der Waals surface area contributed by atoms with Crippen molar-refractivity contribution in [2.75, 3.05) is 0 Å². The maximum atomic E-state index is 13.6. The van der Waals surface area contributed by atoms with E-state index in [1.165, 1.54) is 16.2 Å². The summed E-state index contributed by atoms with van der Waals surface area (Å²) >= 11 is 3.25. The van der Waals surface area contributed by atoms with E-state index in [2.05, 4.69) is 32.8 Å². The fourth-order valence-corrected chi connectivity index (χ4v) is 3.25. The van der Waals surface area contributed by atoms with Gasteiger partial charge in [0.05, 0.1) is 24.7 Å². The lowest BCUT2D eigenvalue weighted by Crippen LogP contribution is -2.40. The number of benzene rings is 1. The molecule has 2 heterocycles. The van der Waals surface area contributed by atoms with Crippen LogP contribution >= 0.6 is 15.9 Å². The summed E-state index contributed by atoms with van der Waals surface area (Å²) in [7, 11) is 1.44. The third-order valence-electron chi connectivity index (χ3n) is 4.19. The van der Waals surface area contributed by atoms with Crippen molar-refractivity contribution in [1.29, 1.82) is 5.26 Å². The molecule has 3 rings (SSSR count). The van der Waals surface area contributed by atoms with E-state index in [1.54, 1.807) is 13.0 Å². The van der Waals surface area contributed by atoms with Crippen molar-refractivity contribution < 1.29 is 8.78 Å². The van der Waals surface area contributed by atoms with Crippen LogP contribution in [0.2, 0.25) is 0 Å². The number of nitriles is 1. The first-order valence-electron chi connectivity index (χ1n) is 7.93. The van der Waals surface area contributed by atoms with Gasteiger partial charge >= 0.3 is 5.69 Å². The standard InChI is InChI=1S/C18H12BrF2N5O2/c1-3-4-5-25-14-15(23-17(25)19)24(2)18(28)26(16(14)27)9-11-7-13(21)12(20)6-10(11)8-22/h6-7H,5,9H2,1-2H3. The van der Waals surface area contributed by atoms with Gasteiger partial charge in [0.1, 0.15) is 0 Å².